The van der Waals surface area contributed by atoms with E-state index in [-0.39, 0.29) is 12.3 Å². The van der Waals surface area contributed by atoms with Gasteiger partial charge in [0.2, 0.25) is 5.91 Å². The summed E-state index contributed by atoms with van der Waals surface area (Å²) in [6.45, 7) is 3.17. The van der Waals surface area contributed by atoms with E-state index in [9.17, 15) is 14.7 Å². The molecule has 0 spiro atoms. The SMILES string of the molecule is CCn1ccc(CC(=O)N2CCC(C(=O)O)c3ccccc32)n1. The lowest BCUT2D eigenvalue weighted by atomic mass is 9.90. The van der Waals surface area contributed by atoms with E-state index in [4.69, 9.17) is 0 Å². The lowest BCUT2D eigenvalue weighted by Gasteiger charge is -2.32. The highest BCUT2D eigenvalue weighted by Gasteiger charge is 2.32. The number of carboxylic acids is 1. The van der Waals surface area contributed by atoms with Crippen molar-refractivity contribution in [2.45, 2.75) is 32.2 Å². The summed E-state index contributed by atoms with van der Waals surface area (Å²) in [4.78, 5) is 25.7. The van der Waals surface area contributed by atoms with Crippen LogP contribution in [0.15, 0.2) is 36.5 Å². The molecule has 0 radical (unpaired) electrons. The van der Waals surface area contributed by atoms with Crippen LogP contribution in [0.25, 0.3) is 0 Å². The van der Waals surface area contributed by atoms with E-state index in [1.54, 1.807) is 15.6 Å². The van der Waals surface area contributed by atoms with Gasteiger partial charge in [-0.25, -0.2) is 0 Å². The molecular formula is C17H19N3O3. The molecule has 1 N–H and O–H groups in total. The summed E-state index contributed by atoms with van der Waals surface area (Å²) in [5.41, 5.74) is 2.14. The number of carbonyl (C=O) groups excluding carboxylic acids is 1. The molecule has 0 aliphatic carbocycles. The van der Waals surface area contributed by atoms with E-state index >= 15 is 0 Å². The summed E-state index contributed by atoms with van der Waals surface area (Å²) in [6, 6.07) is 9.09. The standard InChI is InChI=1S/C17H19N3O3/c1-2-19-9-7-12(18-19)11-16(21)20-10-8-14(17(22)23)13-5-3-4-6-15(13)20/h3-7,9,14H,2,8,10-11H2,1H3,(H,22,23). The van der Waals surface area contributed by atoms with Crippen molar-refractivity contribution in [3.63, 3.8) is 0 Å². The van der Waals surface area contributed by atoms with Crippen molar-refractivity contribution < 1.29 is 14.7 Å². The molecule has 3 rings (SSSR count). The third-order valence-corrected chi connectivity index (χ3v) is 4.20. The number of hydrogen-bond donors (Lipinski definition) is 1. The van der Waals surface area contributed by atoms with Crippen molar-refractivity contribution in [3.8, 4) is 0 Å². The molecular weight excluding hydrogens is 294 g/mol. The van der Waals surface area contributed by atoms with Crippen molar-refractivity contribution in [2.75, 3.05) is 11.4 Å². The summed E-state index contributed by atoms with van der Waals surface area (Å²) >= 11 is 0. The predicted octanol–water partition coefficient (Wildman–Crippen LogP) is 2.05. The Labute approximate surface area is 134 Å². The lowest BCUT2D eigenvalue weighted by molar-refractivity contribution is -0.139. The van der Waals surface area contributed by atoms with E-state index < -0.39 is 11.9 Å². The first-order valence-electron chi connectivity index (χ1n) is 7.74. The molecule has 0 bridgehead atoms. The molecule has 2 heterocycles. The minimum Gasteiger partial charge on any atom is -0.481 e. The van der Waals surface area contributed by atoms with Crippen LogP contribution in [0.3, 0.4) is 0 Å². The molecule has 0 saturated heterocycles. The van der Waals surface area contributed by atoms with E-state index in [2.05, 4.69) is 5.10 Å². The van der Waals surface area contributed by atoms with Crippen LogP contribution in [-0.4, -0.2) is 33.3 Å². The zero-order valence-electron chi connectivity index (χ0n) is 13.0. The topological polar surface area (TPSA) is 75.4 Å². The molecule has 2 aromatic rings. The lowest BCUT2D eigenvalue weighted by Crippen LogP contribution is -2.39. The number of hydrogen-bond acceptors (Lipinski definition) is 3. The number of rotatable bonds is 4. The fourth-order valence-electron chi connectivity index (χ4n) is 3.00. The van der Waals surface area contributed by atoms with Crippen LogP contribution in [-0.2, 0) is 22.6 Å². The Morgan fingerprint density at radius 2 is 2.09 bits per heavy atom. The number of carbonyl (C=O) groups is 2. The van der Waals surface area contributed by atoms with Crippen molar-refractivity contribution in [2.24, 2.45) is 0 Å². The number of amides is 1. The number of nitrogens with zero attached hydrogens (tertiary/aromatic N) is 3. The number of fused-ring (bicyclic) bond motifs is 1. The molecule has 0 fully saturated rings. The van der Waals surface area contributed by atoms with Gasteiger partial charge in [-0.15, -0.1) is 0 Å². The molecule has 1 aliphatic rings. The van der Waals surface area contributed by atoms with Gasteiger partial charge in [-0.1, -0.05) is 18.2 Å². The summed E-state index contributed by atoms with van der Waals surface area (Å²) < 4.78 is 1.78. The number of aromatic nitrogens is 2. The highest BCUT2D eigenvalue weighted by atomic mass is 16.4. The van der Waals surface area contributed by atoms with Gasteiger partial charge in [0.05, 0.1) is 18.0 Å². The largest absolute Gasteiger partial charge is 0.481 e. The van der Waals surface area contributed by atoms with Crippen LogP contribution in [0.5, 0.6) is 0 Å². The maximum atomic E-state index is 12.6. The van der Waals surface area contributed by atoms with Crippen LogP contribution >= 0.6 is 0 Å². The molecule has 23 heavy (non-hydrogen) atoms. The maximum Gasteiger partial charge on any atom is 0.311 e. The fourth-order valence-corrected chi connectivity index (χ4v) is 3.00. The Bertz CT molecular complexity index is 738. The third kappa shape index (κ3) is 2.97. The van der Waals surface area contributed by atoms with Crippen LogP contribution in [0.2, 0.25) is 0 Å². The summed E-state index contributed by atoms with van der Waals surface area (Å²) in [5, 5.41) is 13.7. The number of para-hydroxylation sites is 1. The Morgan fingerprint density at radius 3 is 2.78 bits per heavy atom. The van der Waals surface area contributed by atoms with Gasteiger partial charge in [-0.2, -0.15) is 5.10 Å². The van der Waals surface area contributed by atoms with Gasteiger partial charge < -0.3 is 10.0 Å². The molecule has 0 saturated carbocycles. The third-order valence-electron chi connectivity index (χ3n) is 4.20. The van der Waals surface area contributed by atoms with Gasteiger partial charge >= 0.3 is 5.97 Å². The highest BCUT2D eigenvalue weighted by molar-refractivity contribution is 5.97. The first-order chi connectivity index (χ1) is 11.1. The molecule has 1 unspecified atom stereocenters. The minimum absolute atomic E-state index is 0.0531. The molecule has 1 aliphatic heterocycles. The highest BCUT2D eigenvalue weighted by Crippen LogP contribution is 2.35. The van der Waals surface area contributed by atoms with Crippen LogP contribution in [0.1, 0.15) is 30.5 Å². The molecule has 6 heteroatoms. The van der Waals surface area contributed by atoms with E-state index in [1.807, 2.05) is 37.4 Å². The van der Waals surface area contributed by atoms with E-state index in [1.165, 1.54) is 0 Å². The van der Waals surface area contributed by atoms with Gasteiger partial charge in [0.25, 0.3) is 0 Å². The number of benzene rings is 1. The molecule has 1 atom stereocenters. The molecule has 6 nitrogen and oxygen atoms in total. The van der Waals surface area contributed by atoms with Crippen LogP contribution in [0.4, 0.5) is 5.69 Å². The van der Waals surface area contributed by atoms with E-state index in [0.717, 1.165) is 12.2 Å². The summed E-state index contributed by atoms with van der Waals surface area (Å²) in [5.74, 6) is -1.44. The number of aliphatic carboxylic acids is 1. The Hall–Kier alpha value is -2.63. The number of anilines is 1. The molecule has 1 aromatic heterocycles. The second kappa shape index (κ2) is 6.24. The number of carboxylic acid groups (broad SMARTS) is 1. The summed E-state index contributed by atoms with van der Waals surface area (Å²) in [6.07, 6.45) is 2.51. The van der Waals surface area contributed by atoms with Gasteiger partial charge in [-0.3, -0.25) is 14.3 Å². The van der Waals surface area contributed by atoms with Crippen molar-refractivity contribution >= 4 is 17.6 Å². The van der Waals surface area contributed by atoms with Crippen molar-refractivity contribution in [1.82, 2.24) is 9.78 Å². The van der Waals surface area contributed by atoms with Gasteiger partial charge in [0.15, 0.2) is 0 Å². The Balaban J connectivity index is 1.83. The number of aryl methyl sites for hydroxylation is 1. The second-order valence-electron chi connectivity index (χ2n) is 5.62. The average Bonchev–Trinajstić information content (AvgIpc) is 3.01. The first kappa shape index (κ1) is 15.3. The maximum absolute atomic E-state index is 12.6. The summed E-state index contributed by atoms with van der Waals surface area (Å²) in [7, 11) is 0. The smallest absolute Gasteiger partial charge is 0.311 e. The Kier molecular flexibility index (Phi) is 4.14. The van der Waals surface area contributed by atoms with Crippen LogP contribution in [0, 0.1) is 0 Å². The van der Waals surface area contributed by atoms with Crippen LogP contribution < -0.4 is 4.90 Å². The molecule has 120 valence electrons. The normalized spacial score (nSPS) is 16.9. The van der Waals surface area contributed by atoms with Gasteiger partial charge in [0.1, 0.15) is 0 Å². The zero-order chi connectivity index (χ0) is 16.4. The fraction of sp³-hybridized carbons (Fsp3) is 0.353. The average molecular weight is 313 g/mol. The van der Waals surface area contributed by atoms with Crippen molar-refractivity contribution in [3.05, 3.63) is 47.8 Å². The zero-order valence-corrected chi connectivity index (χ0v) is 13.0. The molecule has 1 amide bonds. The second-order valence-corrected chi connectivity index (χ2v) is 5.62. The minimum atomic E-state index is -0.841. The predicted molar refractivity (Wildman–Crippen MR) is 85.4 cm³/mol. The van der Waals surface area contributed by atoms with Gasteiger partial charge in [0, 0.05) is 25.0 Å². The van der Waals surface area contributed by atoms with Crippen molar-refractivity contribution in [1.29, 1.82) is 0 Å². The quantitative estimate of drug-likeness (QED) is 0.937. The monoisotopic (exact) mass is 313 g/mol. The van der Waals surface area contributed by atoms with Gasteiger partial charge in [-0.05, 0) is 31.0 Å². The Morgan fingerprint density at radius 1 is 1.30 bits per heavy atom. The first-order valence-corrected chi connectivity index (χ1v) is 7.74. The van der Waals surface area contributed by atoms with E-state index in [0.29, 0.717) is 24.2 Å². The molecule has 1 aromatic carbocycles.